The highest BCUT2D eigenvalue weighted by molar-refractivity contribution is 6.06. The van der Waals surface area contributed by atoms with Crippen LogP contribution in [0.2, 0.25) is 0 Å². The van der Waals surface area contributed by atoms with Gasteiger partial charge in [0, 0.05) is 30.5 Å². The highest BCUT2D eigenvalue weighted by atomic mass is 16.2. The zero-order chi connectivity index (χ0) is 18.2. The lowest BCUT2D eigenvalue weighted by molar-refractivity contribution is 0.0988. The number of pyridine rings is 1. The largest absolute Gasteiger partial charge is 0.370 e. The van der Waals surface area contributed by atoms with Crippen molar-refractivity contribution in [2.24, 2.45) is 0 Å². The van der Waals surface area contributed by atoms with Crippen LogP contribution in [0.15, 0.2) is 60.3 Å². The van der Waals surface area contributed by atoms with Gasteiger partial charge >= 0.3 is 0 Å². The molecule has 4 nitrogen and oxygen atoms in total. The highest BCUT2D eigenvalue weighted by Gasteiger charge is 2.16. The summed E-state index contributed by atoms with van der Waals surface area (Å²) in [5, 5.41) is 3.36. The predicted octanol–water partition coefficient (Wildman–Crippen LogP) is 5.05. The third-order valence-corrected chi connectivity index (χ3v) is 4.77. The lowest BCUT2D eigenvalue weighted by Gasteiger charge is -2.21. The van der Waals surface area contributed by atoms with Gasteiger partial charge in [0.2, 0.25) is 0 Å². The number of benzene rings is 1. The molecule has 2 aromatic rings. The summed E-state index contributed by atoms with van der Waals surface area (Å²) in [7, 11) is 0. The molecule has 1 N–H and O–H groups in total. The Kier molecular flexibility index (Phi) is 6.42. The van der Waals surface area contributed by atoms with Crippen molar-refractivity contribution in [3.63, 3.8) is 0 Å². The fourth-order valence-corrected chi connectivity index (χ4v) is 3.35. The van der Waals surface area contributed by atoms with E-state index < -0.39 is 0 Å². The lowest BCUT2D eigenvalue weighted by atomic mass is 9.97. The molecule has 1 aliphatic rings. The molecule has 1 aliphatic carbocycles. The molecule has 0 radical (unpaired) electrons. The van der Waals surface area contributed by atoms with Crippen LogP contribution in [-0.4, -0.2) is 24.0 Å². The molecule has 0 bridgehead atoms. The first kappa shape index (κ1) is 18.2. The second-order valence-corrected chi connectivity index (χ2v) is 6.60. The quantitative estimate of drug-likeness (QED) is 0.711. The van der Waals surface area contributed by atoms with Crippen molar-refractivity contribution in [1.29, 1.82) is 0 Å². The van der Waals surface area contributed by atoms with Crippen molar-refractivity contribution < 1.29 is 4.79 Å². The number of amides is 1. The van der Waals surface area contributed by atoms with Crippen LogP contribution in [0, 0.1) is 0 Å². The molecule has 1 aromatic carbocycles. The highest BCUT2D eigenvalue weighted by Crippen LogP contribution is 2.21. The number of anilines is 2. The van der Waals surface area contributed by atoms with Gasteiger partial charge in [0.05, 0.1) is 0 Å². The molecule has 0 atom stereocenters. The van der Waals surface area contributed by atoms with Gasteiger partial charge in [0.25, 0.3) is 5.91 Å². The maximum Gasteiger partial charge on any atom is 0.258 e. The van der Waals surface area contributed by atoms with Gasteiger partial charge in [-0.15, -0.1) is 0 Å². The number of carbonyl (C=O) groups excluding carboxylic acids is 1. The Labute approximate surface area is 155 Å². The number of hydrogen-bond donors (Lipinski definition) is 1. The fourth-order valence-electron chi connectivity index (χ4n) is 3.35. The minimum Gasteiger partial charge on any atom is -0.370 e. The van der Waals surface area contributed by atoms with Crippen molar-refractivity contribution in [3.05, 3.63) is 65.9 Å². The maximum absolute atomic E-state index is 12.9. The minimum atomic E-state index is -0.000797. The van der Waals surface area contributed by atoms with Gasteiger partial charge in [-0.25, -0.2) is 4.98 Å². The first-order valence-corrected chi connectivity index (χ1v) is 9.52. The van der Waals surface area contributed by atoms with Crippen molar-refractivity contribution in [1.82, 2.24) is 4.98 Å². The normalized spacial score (nSPS) is 13.8. The number of rotatable bonds is 7. The van der Waals surface area contributed by atoms with Crippen LogP contribution in [0.5, 0.6) is 0 Å². The molecule has 26 heavy (non-hydrogen) atoms. The maximum atomic E-state index is 12.9. The number of allylic oxidation sites excluding steroid dienone is 1. The average molecular weight is 349 g/mol. The first-order chi connectivity index (χ1) is 12.8. The lowest BCUT2D eigenvalue weighted by Crippen LogP contribution is -2.30. The Morgan fingerprint density at radius 1 is 1.19 bits per heavy atom. The van der Waals surface area contributed by atoms with E-state index in [0.717, 1.165) is 24.5 Å². The number of nitrogens with zero attached hydrogens (tertiary/aromatic N) is 2. The van der Waals surface area contributed by atoms with E-state index in [1.54, 1.807) is 17.2 Å². The van der Waals surface area contributed by atoms with Gasteiger partial charge in [-0.3, -0.25) is 4.79 Å². The Hall–Kier alpha value is -2.62. The van der Waals surface area contributed by atoms with Crippen molar-refractivity contribution in [3.8, 4) is 0 Å². The summed E-state index contributed by atoms with van der Waals surface area (Å²) in [4.78, 5) is 19.1. The summed E-state index contributed by atoms with van der Waals surface area (Å²) in [5.41, 5.74) is 3.11. The van der Waals surface area contributed by atoms with E-state index in [4.69, 9.17) is 0 Å². The Balaban J connectivity index is 1.64. The molecular weight excluding hydrogens is 322 g/mol. The van der Waals surface area contributed by atoms with Crippen LogP contribution in [0.3, 0.4) is 0 Å². The van der Waals surface area contributed by atoms with Gasteiger partial charge < -0.3 is 10.2 Å². The van der Waals surface area contributed by atoms with E-state index >= 15 is 0 Å². The van der Waals surface area contributed by atoms with Crippen LogP contribution < -0.4 is 10.2 Å². The molecule has 3 rings (SSSR count). The molecule has 0 aliphatic heterocycles. The molecule has 4 heteroatoms. The first-order valence-electron chi connectivity index (χ1n) is 9.52. The Morgan fingerprint density at radius 3 is 2.77 bits per heavy atom. The molecule has 0 unspecified atom stereocenters. The molecule has 1 amide bonds. The van der Waals surface area contributed by atoms with E-state index in [1.807, 2.05) is 43.3 Å². The monoisotopic (exact) mass is 349 g/mol. The summed E-state index contributed by atoms with van der Waals surface area (Å²) in [6, 6.07) is 13.4. The topological polar surface area (TPSA) is 45.2 Å². The third kappa shape index (κ3) is 4.72. The van der Waals surface area contributed by atoms with Crippen molar-refractivity contribution in [2.45, 2.75) is 39.0 Å². The number of para-hydroxylation sites is 1. The number of hydrogen-bond acceptors (Lipinski definition) is 3. The summed E-state index contributed by atoms with van der Waals surface area (Å²) in [5.74, 6) is 0.760. The fraction of sp³-hybridized carbons (Fsp3) is 0.364. The summed E-state index contributed by atoms with van der Waals surface area (Å²) in [6.07, 6.45) is 10.2. The molecule has 1 heterocycles. The molecule has 0 spiro atoms. The smallest absolute Gasteiger partial charge is 0.258 e. The molecular formula is C22H27N3O. The molecule has 0 saturated heterocycles. The second kappa shape index (κ2) is 9.18. The van der Waals surface area contributed by atoms with Gasteiger partial charge in [-0.05, 0) is 63.3 Å². The molecule has 0 fully saturated rings. The van der Waals surface area contributed by atoms with Crippen LogP contribution in [0.1, 0.15) is 49.4 Å². The van der Waals surface area contributed by atoms with Gasteiger partial charge in [0.1, 0.15) is 5.82 Å². The van der Waals surface area contributed by atoms with Crippen molar-refractivity contribution >= 4 is 17.4 Å². The van der Waals surface area contributed by atoms with Gasteiger partial charge in [0.15, 0.2) is 0 Å². The molecule has 136 valence electrons. The number of aromatic nitrogens is 1. The van der Waals surface area contributed by atoms with E-state index in [-0.39, 0.29) is 5.91 Å². The summed E-state index contributed by atoms with van der Waals surface area (Å²) in [6.45, 7) is 3.47. The zero-order valence-corrected chi connectivity index (χ0v) is 15.4. The number of carbonyl (C=O) groups is 1. The Morgan fingerprint density at radius 2 is 2.04 bits per heavy atom. The second-order valence-electron chi connectivity index (χ2n) is 6.60. The standard InChI is InChI=1S/C22H27N3O/c1-2-25(20-11-7-4-8-12-20)22(26)19-14-16-24-21(17-19)23-15-13-18-9-5-3-6-10-18/h4,7-9,11-12,14,16-17H,2-3,5-6,10,13,15H2,1H3,(H,23,24). The van der Waals surface area contributed by atoms with E-state index in [2.05, 4.69) is 16.4 Å². The van der Waals surface area contributed by atoms with Crippen LogP contribution in [0.25, 0.3) is 0 Å². The SMILES string of the molecule is CCN(C(=O)c1ccnc(NCCC2=CCCCC2)c1)c1ccccc1. The number of nitrogens with one attached hydrogen (secondary N) is 1. The predicted molar refractivity (Wildman–Crippen MR) is 108 cm³/mol. The molecule has 1 aromatic heterocycles. The summed E-state index contributed by atoms with van der Waals surface area (Å²) < 4.78 is 0. The van der Waals surface area contributed by atoms with Crippen molar-refractivity contribution in [2.75, 3.05) is 23.3 Å². The van der Waals surface area contributed by atoms with Crippen LogP contribution in [0.4, 0.5) is 11.5 Å². The Bertz CT molecular complexity index is 755. The van der Waals surface area contributed by atoms with E-state index in [9.17, 15) is 4.79 Å². The third-order valence-electron chi connectivity index (χ3n) is 4.77. The summed E-state index contributed by atoms with van der Waals surface area (Å²) >= 11 is 0. The van der Waals surface area contributed by atoms with Gasteiger partial charge in [-0.2, -0.15) is 0 Å². The minimum absolute atomic E-state index is 0.000797. The zero-order valence-electron chi connectivity index (χ0n) is 15.4. The average Bonchev–Trinajstić information content (AvgIpc) is 2.70. The molecule has 0 saturated carbocycles. The van der Waals surface area contributed by atoms with E-state index in [1.165, 1.54) is 31.3 Å². The van der Waals surface area contributed by atoms with Gasteiger partial charge in [-0.1, -0.05) is 29.8 Å². The van der Waals surface area contributed by atoms with Crippen LogP contribution in [-0.2, 0) is 0 Å². The van der Waals surface area contributed by atoms with Crippen LogP contribution >= 0.6 is 0 Å². The van der Waals surface area contributed by atoms with E-state index in [0.29, 0.717) is 12.1 Å².